The monoisotopic (exact) mass is 373 g/mol. The molecule has 3 nitrogen and oxygen atoms in total. The van der Waals surface area contributed by atoms with Gasteiger partial charge in [-0.05, 0) is 30.0 Å². The number of benzene rings is 3. The van der Waals surface area contributed by atoms with Crippen molar-refractivity contribution >= 4 is 22.4 Å². The van der Waals surface area contributed by atoms with E-state index < -0.39 is 23.8 Å². The Morgan fingerprint density at radius 3 is 2.41 bits per heavy atom. The molecule has 0 bridgehead atoms. The summed E-state index contributed by atoms with van der Waals surface area (Å²) in [6, 6.07) is 17.9. The summed E-state index contributed by atoms with van der Waals surface area (Å²) in [5, 5.41) is 4.14. The first-order chi connectivity index (χ1) is 12.9. The van der Waals surface area contributed by atoms with Crippen LogP contribution in [0.4, 0.5) is 18.9 Å². The maximum absolute atomic E-state index is 13.1. The summed E-state index contributed by atoms with van der Waals surface area (Å²) in [5.41, 5.74) is -1.17. The smallest absolute Gasteiger partial charge is 0.418 e. The summed E-state index contributed by atoms with van der Waals surface area (Å²) >= 11 is 0. The highest BCUT2D eigenvalue weighted by Gasteiger charge is 2.34. The van der Waals surface area contributed by atoms with Crippen molar-refractivity contribution in [2.24, 2.45) is 0 Å². The van der Waals surface area contributed by atoms with Gasteiger partial charge in [0.15, 0.2) is 6.10 Å². The SMILES string of the molecule is CCC(Oc1cccc2ccccc12)C(=O)Nc1ccccc1C(F)(F)F. The van der Waals surface area contributed by atoms with Gasteiger partial charge in [0.1, 0.15) is 5.75 Å². The van der Waals surface area contributed by atoms with E-state index in [0.29, 0.717) is 12.2 Å². The fourth-order valence-electron chi connectivity index (χ4n) is 2.83. The van der Waals surface area contributed by atoms with Crippen molar-refractivity contribution in [1.82, 2.24) is 0 Å². The molecule has 6 heteroatoms. The van der Waals surface area contributed by atoms with Gasteiger partial charge in [0.05, 0.1) is 11.3 Å². The lowest BCUT2D eigenvalue weighted by Crippen LogP contribution is -2.33. The standard InChI is InChI=1S/C21H18F3NO2/c1-2-18(27-19-13-7-9-14-8-3-4-10-15(14)19)20(26)25-17-12-6-5-11-16(17)21(22,23)24/h3-13,18H,2H2,1H3,(H,25,26). The molecule has 0 saturated heterocycles. The molecule has 0 heterocycles. The van der Waals surface area contributed by atoms with Gasteiger partial charge in [0.25, 0.3) is 5.91 Å². The van der Waals surface area contributed by atoms with Crippen molar-refractivity contribution in [3.63, 3.8) is 0 Å². The van der Waals surface area contributed by atoms with Crippen LogP contribution in [0.1, 0.15) is 18.9 Å². The Balaban J connectivity index is 1.83. The Kier molecular flexibility index (Phi) is 5.35. The van der Waals surface area contributed by atoms with Crippen molar-refractivity contribution < 1.29 is 22.7 Å². The second-order valence-electron chi connectivity index (χ2n) is 6.02. The summed E-state index contributed by atoms with van der Waals surface area (Å²) in [6.45, 7) is 1.74. The average Bonchev–Trinajstić information content (AvgIpc) is 2.65. The molecular weight excluding hydrogens is 355 g/mol. The number of carbonyl (C=O) groups excluding carboxylic acids is 1. The molecule has 0 saturated carbocycles. The number of rotatable bonds is 5. The van der Waals surface area contributed by atoms with Crippen molar-refractivity contribution in [2.45, 2.75) is 25.6 Å². The van der Waals surface area contributed by atoms with Crippen molar-refractivity contribution in [3.8, 4) is 5.75 Å². The lowest BCUT2D eigenvalue weighted by molar-refractivity contribution is -0.137. The molecule has 0 radical (unpaired) electrons. The molecule has 0 aromatic heterocycles. The Hall–Kier alpha value is -3.02. The van der Waals surface area contributed by atoms with Gasteiger partial charge in [-0.1, -0.05) is 55.5 Å². The summed E-state index contributed by atoms with van der Waals surface area (Å²) in [6.07, 6.45) is -5.16. The molecule has 3 rings (SSSR count). The number of alkyl halides is 3. The van der Waals surface area contributed by atoms with Crippen LogP contribution in [0.5, 0.6) is 5.75 Å². The van der Waals surface area contributed by atoms with Crippen LogP contribution >= 0.6 is 0 Å². The molecule has 1 unspecified atom stereocenters. The van der Waals surface area contributed by atoms with E-state index >= 15 is 0 Å². The number of ether oxygens (including phenoxy) is 1. The highest BCUT2D eigenvalue weighted by molar-refractivity contribution is 5.95. The van der Waals surface area contributed by atoms with E-state index in [4.69, 9.17) is 4.74 Å². The number of nitrogens with one attached hydrogen (secondary N) is 1. The largest absolute Gasteiger partial charge is 0.480 e. The van der Waals surface area contributed by atoms with Gasteiger partial charge in [-0.15, -0.1) is 0 Å². The van der Waals surface area contributed by atoms with E-state index in [0.717, 1.165) is 16.8 Å². The summed E-state index contributed by atoms with van der Waals surface area (Å²) in [7, 11) is 0. The zero-order chi connectivity index (χ0) is 19.4. The van der Waals surface area contributed by atoms with Crippen LogP contribution < -0.4 is 10.1 Å². The van der Waals surface area contributed by atoms with Gasteiger partial charge in [0, 0.05) is 5.39 Å². The zero-order valence-corrected chi connectivity index (χ0v) is 14.6. The number of fused-ring (bicyclic) bond motifs is 1. The van der Waals surface area contributed by atoms with Crippen LogP contribution in [-0.4, -0.2) is 12.0 Å². The first-order valence-electron chi connectivity index (χ1n) is 8.51. The second-order valence-corrected chi connectivity index (χ2v) is 6.02. The molecule has 1 atom stereocenters. The summed E-state index contributed by atoms with van der Waals surface area (Å²) in [4.78, 5) is 12.6. The minimum Gasteiger partial charge on any atom is -0.480 e. The van der Waals surface area contributed by atoms with E-state index in [1.54, 1.807) is 19.1 Å². The van der Waals surface area contributed by atoms with Crippen LogP contribution in [0.15, 0.2) is 66.7 Å². The molecule has 0 aliphatic carbocycles. The van der Waals surface area contributed by atoms with Crippen LogP contribution in [0.2, 0.25) is 0 Å². The van der Waals surface area contributed by atoms with Crippen LogP contribution in [0.3, 0.4) is 0 Å². The van der Waals surface area contributed by atoms with E-state index in [1.807, 2.05) is 30.3 Å². The molecule has 3 aromatic carbocycles. The third kappa shape index (κ3) is 4.22. The molecule has 1 amide bonds. The second kappa shape index (κ2) is 7.70. The average molecular weight is 373 g/mol. The number of halogens is 3. The van der Waals surface area contributed by atoms with Gasteiger partial charge in [-0.2, -0.15) is 13.2 Å². The van der Waals surface area contributed by atoms with E-state index in [9.17, 15) is 18.0 Å². The first-order valence-corrected chi connectivity index (χ1v) is 8.51. The van der Waals surface area contributed by atoms with E-state index in [2.05, 4.69) is 5.32 Å². The van der Waals surface area contributed by atoms with Gasteiger partial charge >= 0.3 is 6.18 Å². The predicted octanol–water partition coefficient (Wildman–Crippen LogP) is 5.65. The quantitative estimate of drug-likeness (QED) is 0.627. The Labute approximate surface area is 154 Å². The normalized spacial score (nSPS) is 12.6. The third-order valence-corrected chi connectivity index (χ3v) is 4.17. The summed E-state index contributed by atoms with van der Waals surface area (Å²) in [5.74, 6) is -0.110. The van der Waals surface area contributed by atoms with E-state index in [-0.39, 0.29) is 5.69 Å². The topological polar surface area (TPSA) is 38.3 Å². The van der Waals surface area contributed by atoms with Gasteiger partial charge in [0.2, 0.25) is 0 Å². The number of carbonyl (C=O) groups is 1. The minimum atomic E-state index is -4.55. The summed E-state index contributed by atoms with van der Waals surface area (Å²) < 4.78 is 45.2. The zero-order valence-electron chi connectivity index (χ0n) is 14.6. The van der Waals surface area contributed by atoms with Gasteiger partial charge < -0.3 is 10.1 Å². The minimum absolute atomic E-state index is 0.282. The fourth-order valence-corrected chi connectivity index (χ4v) is 2.83. The van der Waals surface area contributed by atoms with E-state index in [1.165, 1.54) is 18.2 Å². The molecule has 0 aliphatic heterocycles. The highest BCUT2D eigenvalue weighted by Crippen LogP contribution is 2.35. The molecule has 140 valence electrons. The molecule has 1 N–H and O–H groups in total. The van der Waals surface area contributed by atoms with Gasteiger partial charge in [-0.3, -0.25) is 4.79 Å². The van der Waals surface area contributed by atoms with Gasteiger partial charge in [-0.25, -0.2) is 0 Å². The number of hydrogen-bond donors (Lipinski definition) is 1. The lowest BCUT2D eigenvalue weighted by atomic mass is 10.1. The number of anilines is 1. The Morgan fingerprint density at radius 2 is 1.67 bits per heavy atom. The number of para-hydroxylation sites is 1. The van der Waals surface area contributed by atoms with Crippen molar-refractivity contribution in [2.75, 3.05) is 5.32 Å². The lowest BCUT2D eigenvalue weighted by Gasteiger charge is -2.20. The third-order valence-electron chi connectivity index (χ3n) is 4.17. The van der Waals surface area contributed by atoms with Crippen LogP contribution in [0.25, 0.3) is 10.8 Å². The number of hydrogen-bond acceptors (Lipinski definition) is 2. The molecule has 3 aromatic rings. The maximum atomic E-state index is 13.1. The van der Waals surface area contributed by atoms with Crippen LogP contribution in [-0.2, 0) is 11.0 Å². The van der Waals surface area contributed by atoms with Crippen LogP contribution in [0, 0.1) is 0 Å². The maximum Gasteiger partial charge on any atom is 0.418 e. The fraction of sp³-hybridized carbons (Fsp3) is 0.190. The molecule has 0 spiro atoms. The Bertz CT molecular complexity index is 948. The predicted molar refractivity (Wildman–Crippen MR) is 98.7 cm³/mol. The highest BCUT2D eigenvalue weighted by atomic mass is 19.4. The number of amides is 1. The molecule has 0 fully saturated rings. The first kappa shape index (κ1) is 18.8. The Morgan fingerprint density at radius 1 is 1.00 bits per heavy atom. The molecular formula is C21H18F3NO2. The molecule has 0 aliphatic rings. The van der Waals surface area contributed by atoms with Crippen molar-refractivity contribution in [1.29, 1.82) is 0 Å². The molecule has 27 heavy (non-hydrogen) atoms. The van der Waals surface area contributed by atoms with Crippen molar-refractivity contribution in [3.05, 3.63) is 72.3 Å².